The summed E-state index contributed by atoms with van der Waals surface area (Å²) in [6, 6.07) is 11.9. The fraction of sp³-hybridized carbons (Fsp3) is 0.0526. The van der Waals surface area contributed by atoms with Crippen LogP contribution in [0, 0.1) is 0 Å². The lowest BCUT2D eigenvalue weighted by molar-refractivity contribution is 0.428. The van der Waals surface area contributed by atoms with E-state index < -0.39 is 31.9 Å². The summed E-state index contributed by atoms with van der Waals surface area (Å²) in [5.41, 5.74) is -1.04. The van der Waals surface area contributed by atoms with Gasteiger partial charge in [-0.15, -0.1) is 0 Å². The van der Waals surface area contributed by atoms with Crippen molar-refractivity contribution >= 4 is 56.5 Å². The van der Waals surface area contributed by atoms with Crippen molar-refractivity contribution in [2.24, 2.45) is 0 Å². The van der Waals surface area contributed by atoms with E-state index in [1.54, 1.807) is 0 Å². The molecule has 0 amide bonds. The molecule has 0 saturated heterocycles. The minimum absolute atomic E-state index is 0.144. The Morgan fingerprint density at radius 2 is 1.10 bits per heavy atom. The van der Waals surface area contributed by atoms with Gasteiger partial charge in [0.25, 0.3) is 10.1 Å². The van der Waals surface area contributed by atoms with Crippen molar-refractivity contribution < 1.29 is 23.2 Å². The fourth-order valence-corrected chi connectivity index (χ4v) is 5.81. The zero-order chi connectivity index (χ0) is 21.6. The molecule has 152 valence electrons. The number of hydrogen-bond donors (Lipinski definition) is 3. The average Bonchev–Trinajstić information content (AvgIpc) is 2.64. The second kappa shape index (κ2) is 7.87. The van der Waals surface area contributed by atoms with Gasteiger partial charge < -0.3 is 10.2 Å². The quantitative estimate of drug-likeness (QED) is 0.239. The molecule has 0 atom stereocenters. The first-order valence-electron chi connectivity index (χ1n) is 7.91. The third-order valence-corrected chi connectivity index (χ3v) is 7.41. The van der Waals surface area contributed by atoms with Crippen LogP contribution in [0.25, 0.3) is 0 Å². The molecule has 10 heteroatoms. The zero-order valence-corrected chi connectivity index (χ0v) is 18.1. The molecule has 3 aromatic rings. The molecule has 3 rings (SSSR count). The SMILES string of the molecule is O=S(=O)(O)C(c1ccccc1O)(c1ccccc1O)c1c(Cl)c(Cl)cc(Cl)c1Cl. The standard InChI is InChI=1S/C19H12Cl4O5S/c20-12-9-13(21)18(23)16(17(12)22)19(29(26,27)28,10-5-1-3-7-14(10)24)11-6-2-4-8-15(11)25/h1-9,24-25H,(H,26,27,28). The Kier molecular flexibility index (Phi) is 5.98. The van der Waals surface area contributed by atoms with Crippen LogP contribution in [0.5, 0.6) is 11.5 Å². The molecule has 0 aromatic heterocycles. The van der Waals surface area contributed by atoms with Crippen LogP contribution >= 0.6 is 46.4 Å². The van der Waals surface area contributed by atoms with Crippen LogP contribution in [0.15, 0.2) is 54.6 Å². The molecular weight excluding hydrogens is 482 g/mol. The smallest absolute Gasteiger partial charge is 0.283 e. The maximum atomic E-state index is 13.0. The number of phenols is 2. The molecular formula is C19H12Cl4O5S. The van der Waals surface area contributed by atoms with Gasteiger partial charge in [-0.3, -0.25) is 4.55 Å². The fourth-order valence-electron chi connectivity index (χ4n) is 3.25. The van der Waals surface area contributed by atoms with Gasteiger partial charge in [0.15, 0.2) is 4.75 Å². The van der Waals surface area contributed by atoms with Crippen molar-refractivity contribution in [2.75, 3.05) is 0 Å². The van der Waals surface area contributed by atoms with Gasteiger partial charge in [-0.2, -0.15) is 8.42 Å². The summed E-state index contributed by atoms with van der Waals surface area (Å²) in [5.74, 6) is -1.01. The normalized spacial score (nSPS) is 12.2. The summed E-state index contributed by atoms with van der Waals surface area (Å²) in [6.07, 6.45) is 0. The van der Waals surface area contributed by atoms with Crippen molar-refractivity contribution in [3.8, 4) is 11.5 Å². The molecule has 0 saturated carbocycles. The highest BCUT2D eigenvalue weighted by atomic mass is 35.5. The van der Waals surface area contributed by atoms with Gasteiger partial charge >= 0.3 is 0 Å². The van der Waals surface area contributed by atoms with E-state index in [-0.39, 0.29) is 31.2 Å². The van der Waals surface area contributed by atoms with Crippen molar-refractivity contribution in [3.05, 3.63) is 91.4 Å². The number of para-hydroxylation sites is 2. The van der Waals surface area contributed by atoms with Gasteiger partial charge in [0.1, 0.15) is 11.5 Å². The predicted octanol–water partition coefficient (Wildman–Crippen LogP) is 5.89. The monoisotopic (exact) mass is 492 g/mol. The van der Waals surface area contributed by atoms with E-state index in [0.29, 0.717) is 0 Å². The van der Waals surface area contributed by atoms with Gasteiger partial charge in [-0.05, 0) is 18.2 Å². The Morgan fingerprint density at radius 1 is 0.724 bits per heavy atom. The van der Waals surface area contributed by atoms with E-state index in [1.807, 2.05) is 0 Å². The molecule has 5 nitrogen and oxygen atoms in total. The summed E-state index contributed by atoms with van der Waals surface area (Å²) in [7, 11) is -5.22. The first-order valence-corrected chi connectivity index (χ1v) is 10.9. The van der Waals surface area contributed by atoms with Gasteiger partial charge in [-0.1, -0.05) is 82.8 Å². The van der Waals surface area contributed by atoms with Crippen LogP contribution in [-0.2, 0) is 14.9 Å². The minimum Gasteiger partial charge on any atom is -0.508 e. The largest absolute Gasteiger partial charge is 0.508 e. The number of aromatic hydroxyl groups is 2. The Morgan fingerprint density at radius 3 is 1.45 bits per heavy atom. The minimum atomic E-state index is -5.22. The lowest BCUT2D eigenvalue weighted by Gasteiger charge is -2.35. The first kappa shape index (κ1) is 22.0. The number of benzene rings is 3. The molecule has 0 heterocycles. The van der Waals surface area contributed by atoms with E-state index in [2.05, 4.69) is 0 Å². The van der Waals surface area contributed by atoms with Gasteiger partial charge in [-0.25, -0.2) is 0 Å². The van der Waals surface area contributed by atoms with E-state index >= 15 is 0 Å². The molecule has 29 heavy (non-hydrogen) atoms. The lowest BCUT2D eigenvalue weighted by Crippen LogP contribution is -2.39. The Hall–Kier alpha value is -1.67. The molecule has 0 aliphatic rings. The lowest BCUT2D eigenvalue weighted by atomic mass is 9.82. The molecule has 0 aliphatic heterocycles. The van der Waals surface area contributed by atoms with E-state index in [9.17, 15) is 23.2 Å². The van der Waals surface area contributed by atoms with E-state index in [1.165, 1.54) is 54.6 Å². The van der Waals surface area contributed by atoms with Crippen molar-refractivity contribution in [1.82, 2.24) is 0 Å². The van der Waals surface area contributed by atoms with Gasteiger partial charge in [0, 0.05) is 16.7 Å². The van der Waals surface area contributed by atoms with Crippen LogP contribution in [0.4, 0.5) is 0 Å². The van der Waals surface area contributed by atoms with E-state index in [0.717, 1.165) is 0 Å². The van der Waals surface area contributed by atoms with Crippen LogP contribution in [0.3, 0.4) is 0 Å². The maximum absolute atomic E-state index is 13.0. The molecule has 0 spiro atoms. The highest BCUT2D eigenvalue weighted by Gasteiger charge is 2.54. The van der Waals surface area contributed by atoms with Gasteiger partial charge in [0.2, 0.25) is 0 Å². The number of hydrogen-bond acceptors (Lipinski definition) is 4. The van der Waals surface area contributed by atoms with Crippen LogP contribution in [0.1, 0.15) is 16.7 Å². The molecule has 3 aromatic carbocycles. The van der Waals surface area contributed by atoms with E-state index in [4.69, 9.17) is 46.4 Å². The Balaban J connectivity index is 2.72. The topological polar surface area (TPSA) is 94.8 Å². The molecule has 0 aliphatic carbocycles. The molecule has 0 radical (unpaired) electrons. The average molecular weight is 494 g/mol. The first-order chi connectivity index (χ1) is 13.5. The number of phenolic OH excluding ortho intramolecular Hbond substituents is 2. The Labute approximate surface area is 186 Å². The summed E-state index contributed by atoms with van der Waals surface area (Å²) in [4.78, 5) is 0. The molecule has 0 unspecified atom stereocenters. The summed E-state index contributed by atoms with van der Waals surface area (Å²) in [5, 5.41) is 20.1. The molecule has 0 fully saturated rings. The predicted molar refractivity (Wildman–Crippen MR) is 114 cm³/mol. The third-order valence-electron chi connectivity index (χ3n) is 4.42. The van der Waals surface area contributed by atoms with Crippen molar-refractivity contribution in [2.45, 2.75) is 4.75 Å². The highest BCUT2D eigenvalue weighted by molar-refractivity contribution is 7.87. The number of rotatable bonds is 4. The van der Waals surface area contributed by atoms with Crippen LogP contribution in [0.2, 0.25) is 20.1 Å². The maximum Gasteiger partial charge on any atom is 0.283 e. The Bertz CT molecular complexity index is 1140. The van der Waals surface area contributed by atoms with Crippen molar-refractivity contribution in [3.63, 3.8) is 0 Å². The summed E-state index contributed by atoms with van der Waals surface area (Å²) < 4.78 is 33.9. The van der Waals surface area contributed by atoms with Crippen molar-refractivity contribution in [1.29, 1.82) is 0 Å². The van der Waals surface area contributed by atoms with Gasteiger partial charge in [0.05, 0.1) is 20.1 Å². The second-order valence-electron chi connectivity index (χ2n) is 6.03. The van der Waals surface area contributed by atoms with Crippen LogP contribution in [-0.4, -0.2) is 23.2 Å². The molecule has 0 bridgehead atoms. The zero-order valence-electron chi connectivity index (χ0n) is 14.3. The van der Waals surface area contributed by atoms with Crippen LogP contribution < -0.4 is 0 Å². The summed E-state index contributed by atoms with van der Waals surface area (Å²) >= 11 is 25.0. The molecule has 3 N–H and O–H groups in total. The second-order valence-corrected chi connectivity index (χ2v) is 9.17. The third kappa shape index (κ3) is 3.44. The number of halogens is 4. The highest BCUT2D eigenvalue weighted by Crippen LogP contribution is 2.55. The summed E-state index contributed by atoms with van der Waals surface area (Å²) in [6.45, 7) is 0.